The Morgan fingerprint density at radius 1 is 1.24 bits per heavy atom. The second-order valence-electron chi connectivity index (χ2n) is 6.21. The van der Waals surface area contributed by atoms with E-state index in [1.165, 1.54) is 0 Å². The van der Waals surface area contributed by atoms with Crippen LogP contribution in [0.2, 0.25) is 0 Å². The first-order valence-electron chi connectivity index (χ1n) is 8.12. The fourth-order valence-electron chi connectivity index (χ4n) is 3.85. The van der Waals surface area contributed by atoms with E-state index in [9.17, 15) is 22.8 Å². The fraction of sp³-hybridized carbons (Fsp3) is 0.529. The minimum absolute atomic E-state index is 0.0754. The van der Waals surface area contributed by atoms with Crippen LogP contribution in [0.15, 0.2) is 24.3 Å². The maximum atomic E-state index is 12.9. The maximum Gasteiger partial charge on any atom is 0.471 e. The van der Waals surface area contributed by atoms with Gasteiger partial charge in [0.05, 0.1) is 6.61 Å². The van der Waals surface area contributed by atoms with Crippen molar-refractivity contribution in [2.24, 2.45) is 0 Å². The highest BCUT2D eigenvalue weighted by atomic mass is 19.4. The van der Waals surface area contributed by atoms with Crippen molar-refractivity contribution in [3.8, 4) is 5.75 Å². The monoisotopic (exact) mass is 357 g/mol. The molecule has 0 spiro atoms. The zero-order valence-corrected chi connectivity index (χ0v) is 13.6. The number of para-hydroxylation sites is 1. The number of alkyl halides is 3. The summed E-state index contributed by atoms with van der Waals surface area (Å²) in [5.41, 5.74) is -2.83. The first-order chi connectivity index (χ1) is 11.8. The SMILES string of the molecule is CCOC(=O)[C@]12CCCC[C@@]1(NC(=O)C(F)(F)F)Oc1ccccc12. The van der Waals surface area contributed by atoms with Crippen LogP contribution in [0.1, 0.15) is 38.2 Å². The third-order valence-electron chi connectivity index (χ3n) is 4.85. The van der Waals surface area contributed by atoms with E-state index in [4.69, 9.17) is 9.47 Å². The summed E-state index contributed by atoms with van der Waals surface area (Å²) in [4.78, 5) is 24.5. The van der Waals surface area contributed by atoms with Gasteiger partial charge in [-0.15, -0.1) is 0 Å². The van der Waals surface area contributed by atoms with Crippen LogP contribution in [0.5, 0.6) is 5.75 Å². The molecule has 1 aromatic carbocycles. The third-order valence-corrected chi connectivity index (χ3v) is 4.85. The van der Waals surface area contributed by atoms with Gasteiger partial charge < -0.3 is 14.8 Å². The van der Waals surface area contributed by atoms with Gasteiger partial charge in [0.15, 0.2) is 5.41 Å². The van der Waals surface area contributed by atoms with Crippen LogP contribution in [-0.2, 0) is 19.7 Å². The summed E-state index contributed by atoms with van der Waals surface area (Å²) in [7, 11) is 0. The third kappa shape index (κ3) is 2.54. The fourth-order valence-corrected chi connectivity index (χ4v) is 3.85. The van der Waals surface area contributed by atoms with Gasteiger partial charge in [0.25, 0.3) is 0 Å². The number of rotatable bonds is 3. The average Bonchev–Trinajstić information content (AvgIpc) is 2.85. The Morgan fingerprint density at radius 2 is 1.92 bits per heavy atom. The van der Waals surface area contributed by atoms with Crippen LogP contribution >= 0.6 is 0 Å². The average molecular weight is 357 g/mol. The summed E-state index contributed by atoms with van der Waals surface area (Å²) in [5.74, 6) is -2.52. The summed E-state index contributed by atoms with van der Waals surface area (Å²) in [5, 5.41) is 1.97. The quantitative estimate of drug-likeness (QED) is 0.845. The first kappa shape index (κ1) is 17.6. The molecule has 1 saturated carbocycles. The van der Waals surface area contributed by atoms with Gasteiger partial charge in [-0.1, -0.05) is 24.6 Å². The maximum absolute atomic E-state index is 12.9. The molecule has 1 N–H and O–H groups in total. The van der Waals surface area contributed by atoms with E-state index >= 15 is 0 Å². The molecular formula is C17H18F3NO4. The van der Waals surface area contributed by atoms with Crippen molar-refractivity contribution in [3.63, 3.8) is 0 Å². The van der Waals surface area contributed by atoms with Crippen LogP contribution in [0.3, 0.4) is 0 Å². The lowest BCUT2D eigenvalue weighted by Crippen LogP contribution is -2.69. The van der Waals surface area contributed by atoms with Crippen LogP contribution in [0, 0.1) is 0 Å². The summed E-state index contributed by atoms with van der Waals surface area (Å²) < 4.78 is 49.6. The zero-order valence-electron chi connectivity index (χ0n) is 13.6. The Hall–Kier alpha value is -2.25. The van der Waals surface area contributed by atoms with Gasteiger partial charge in [0.1, 0.15) is 5.75 Å². The molecule has 1 aromatic rings. The van der Waals surface area contributed by atoms with Crippen molar-refractivity contribution in [2.75, 3.05) is 6.61 Å². The van der Waals surface area contributed by atoms with Crippen LogP contribution in [0.4, 0.5) is 13.2 Å². The van der Waals surface area contributed by atoms with E-state index < -0.39 is 29.2 Å². The summed E-state index contributed by atoms with van der Waals surface area (Å²) in [6.07, 6.45) is -3.62. The highest BCUT2D eigenvalue weighted by molar-refractivity contribution is 5.90. The molecule has 1 amide bonds. The lowest BCUT2D eigenvalue weighted by Gasteiger charge is -2.46. The highest BCUT2D eigenvalue weighted by Gasteiger charge is 2.68. The number of carbonyl (C=O) groups is 2. The molecule has 1 aliphatic heterocycles. The molecule has 2 atom stereocenters. The predicted octanol–water partition coefficient (Wildman–Crippen LogP) is 2.83. The summed E-state index contributed by atoms with van der Waals surface area (Å²) in [6.45, 7) is 1.70. The molecule has 1 aliphatic carbocycles. The number of halogens is 3. The van der Waals surface area contributed by atoms with Gasteiger partial charge in [-0.25, -0.2) is 0 Å². The number of amides is 1. The Morgan fingerprint density at radius 3 is 2.60 bits per heavy atom. The molecule has 0 bridgehead atoms. The number of nitrogens with one attached hydrogen (secondary N) is 1. The van der Waals surface area contributed by atoms with Crippen molar-refractivity contribution >= 4 is 11.9 Å². The molecule has 1 heterocycles. The summed E-state index contributed by atoms with van der Waals surface area (Å²) in [6, 6.07) is 6.56. The molecule has 3 rings (SSSR count). The normalized spacial score (nSPS) is 27.7. The molecule has 0 unspecified atom stereocenters. The first-order valence-corrected chi connectivity index (χ1v) is 8.12. The standard InChI is InChI=1S/C17H18F3NO4/c1-2-24-14(23)15-9-5-6-10-16(15,21-13(22)17(18,19)20)25-12-8-4-3-7-11(12)15/h3-4,7-8H,2,5-6,9-10H2,1H3,(H,21,22)/t15-,16-/m1/s1. The number of hydrogen-bond donors (Lipinski definition) is 1. The van der Waals surface area contributed by atoms with Gasteiger partial charge >= 0.3 is 18.1 Å². The second-order valence-corrected chi connectivity index (χ2v) is 6.21. The molecule has 0 saturated heterocycles. The van der Waals surface area contributed by atoms with Crippen molar-refractivity contribution in [2.45, 2.75) is 49.9 Å². The molecule has 5 nitrogen and oxygen atoms in total. The van der Waals surface area contributed by atoms with Gasteiger partial charge in [-0.05, 0) is 25.8 Å². The molecule has 25 heavy (non-hydrogen) atoms. The summed E-state index contributed by atoms with van der Waals surface area (Å²) >= 11 is 0. The van der Waals surface area contributed by atoms with Crippen LogP contribution in [-0.4, -0.2) is 30.4 Å². The predicted molar refractivity (Wildman–Crippen MR) is 80.8 cm³/mol. The number of carbonyl (C=O) groups excluding carboxylic acids is 2. The minimum Gasteiger partial charge on any atom is -0.466 e. The Balaban J connectivity index is 2.14. The number of fused-ring (bicyclic) bond motifs is 3. The Bertz CT molecular complexity index is 705. The van der Waals surface area contributed by atoms with Gasteiger partial charge in [0, 0.05) is 12.0 Å². The molecular weight excluding hydrogens is 339 g/mol. The van der Waals surface area contributed by atoms with Crippen molar-refractivity contribution in [1.29, 1.82) is 0 Å². The lowest BCUT2D eigenvalue weighted by atomic mass is 9.64. The number of hydrogen-bond acceptors (Lipinski definition) is 4. The molecule has 0 radical (unpaired) electrons. The van der Waals surface area contributed by atoms with Gasteiger partial charge in [-0.3, -0.25) is 9.59 Å². The van der Waals surface area contributed by atoms with E-state index in [0.29, 0.717) is 24.2 Å². The van der Waals surface area contributed by atoms with E-state index in [0.717, 1.165) is 0 Å². The van der Waals surface area contributed by atoms with E-state index in [1.807, 2.05) is 5.32 Å². The van der Waals surface area contributed by atoms with Crippen molar-refractivity contribution < 1.29 is 32.2 Å². The Kier molecular flexibility index (Phi) is 4.17. The largest absolute Gasteiger partial charge is 0.471 e. The Labute approximate surface area is 142 Å². The minimum atomic E-state index is -5.08. The van der Waals surface area contributed by atoms with Crippen molar-refractivity contribution in [1.82, 2.24) is 5.32 Å². The number of ether oxygens (including phenoxy) is 2. The van der Waals surface area contributed by atoms with Crippen molar-refractivity contribution in [3.05, 3.63) is 29.8 Å². The smallest absolute Gasteiger partial charge is 0.466 e. The van der Waals surface area contributed by atoms with Crippen LogP contribution < -0.4 is 10.1 Å². The zero-order chi connectivity index (χ0) is 18.3. The highest BCUT2D eigenvalue weighted by Crippen LogP contribution is 2.56. The molecule has 8 heteroatoms. The molecule has 0 aromatic heterocycles. The van der Waals surface area contributed by atoms with Crippen LogP contribution in [0.25, 0.3) is 0 Å². The van der Waals surface area contributed by atoms with E-state index in [1.54, 1.807) is 31.2 Å². The topological polar surface area (TPSA) is 64.6 Å². The van der Waals surface area contributed by atoms with Gasteiger partial charge in [-0.2, -0.15) is 13.2 Å². The lowest BCUT2D eigenvalue weighted by molar-refractivity contribution is -0.187. The molecule has 2 aliphatic rings. The second kappa shape index (κ2) is 5.93. The number of benzene rings is 1. The van der Waals surface area contributed by atoms with E-state index in [2.05, 4.69) is 0 Å². The number of esters is 1. The van der Waals surface area contributed by atoms with E-state index in [-0.39, 0.29) is 19.4 Å². The molecule has 136 valence electrons. The molecule has 1 fully saturated rings. The van der Waals surface area contributed by atoms with Gasteiger partial charge in [0.2, 0.25) is 5.72 Å².